The molecule has 3 rings (SSSR count). The van der Waals surface area contributed by atoms with Gasteiger partial charge in [0, 0.05) is 17.6 Å². The third kappa shape index (κ3) is 4.64. The van der Waals surface area contributed by atoms with Gasteiger partial charge in [0.15, 0.2) is 5.16 Å². The quantitative estimate of drug-likeness (QED) is 0.393. The van der Waals surface area contributed by atoms with Crippen molar-refractivity contribution in [2.45, 2.75) is 25.5 Å². The SMILES string of the molecule is CCN(CC)C(=O)CSc1nc2ccc(Br)cc2c(=O)n1Cc1ccccc1. The number of aromatic nitrogens is 2. The van der Waals surface area contributed by atoms with Crippen LogP contribution in [0.5, 0.6) is 0 Å². The minimum atomic E-state index is -0.104. The summed E-state index contributed by atoms with van der Waals surface area (Å²) < 4.78 is 2.49. The summed E-state index contributed by atoms with van der Waals surface area (Å²) in [6.07, 6.45) is 0. The van der Waals surface area contributed by atoms with Crippen LogP contribution in [0, 0.1) is 0 Å². The number of rotatable bonds is 7. The van der Waals surface area contributed by atoms with Gasteiger partial charge >= 0.3 is 0 Å². The van der Waals surface area contributed by atoms with E-state index in [9.17, 15) is 9.59 Å². The Bertz CT molecular complexity index is 1030. The lowest BCUT2D eigenvalue weighted by Gasteiger charge is -2.19. The Morgan fingerprint density at radius 3 is 2.54 bits per heavy atom. The first kappa shape index (κ1) is 20.6. The van der Waals surface area contributed by atoms with Crippen LogP contribution >= 0.6 is 27.7 Å². The van der Waals surface area contributed by atoms with E-state index in [1.165, 1.54) is 11.8 Å². The Kier molecular flexibility index (Phi) is 6.91. The van der Waals surface area contributed by atoms with Crippen LogP contribution in [-0.2, 0) is 11.3 Å². The first-order valence-corrected chi connectivity index (χ1v) is 11.0. The molecule has 3 aromatic rings. The lowest BCUT2D eigenvalue weighted by Crippen LogP contribution is -2.32. The summed E-state index contributed by atoms with van der Waals surface area (Å²) in [6, 6.07) is 15.3. The Morgan fingerprint density at radius 1 is 1.14 bits per heavy atom. The highest BCUT2D eigenvalue weighted by Gasteiger charge is 2.16. The van der Waals surface area contributed by atoms with Gasteiger partial charge in [0.05, 0.1) is 23.2 Å². The third-order valence-electron chi connectivity index (χ3n) is 4.51. The van der Waals surface area contributed by atoms with E-state index in [0.717, 1.165) is 10.0 Å². The van der Waals surface area contributed by atoms with Crippen LogP contribution in [-0.4, -0.2) is 39.2 Å². The maximum absolute atomic E-state index is 13.2. The molecule has 0 fully saturated rings. The summed E-state index contributed by atoms with van der Waals surface area (Å²) in [5.74, 6) is 0.303. The number of hydrogen-bond donors (Lipinski definition) is 0. The largest absolute Gasteiger partial charge is 0.343 e. The van der Waals surface area contributed by atoms with Gasteiger partial charge in [0.25, 0.3) is 5.56 Å². The van der Waals surface area contributed by atoms with Crippen LogP contribution in [0.3, 0.4) is 0 Å². The van der Waals surface area contributed by atoms with Gasteiger partial charge in [-0.05, 0) is 37.6 Å². The normalized spacial score (nSPS) is 11.0. The van der Waals surface area contributed by atoms with Crippen molar-refractivity contribution in [2.75, 3.05) is 18.8 Å². The van der Waals surface area contributed by atoms with Gasteiger partial charge in [-0.25, -0.2) is 4.98 Å². The second-order valence-corrected chi connectivity index (χ2v) is 8.15. The van der Waals surface area contributed by atoms with E-state index in [2.05, 4.69) is 15.9 Å². The lowest BCUT2D eigenvalue weighted by atomic mass is 10.2. The fourth-order valence-electron chi connectivity index (χ4n) is 2.98. The van der Waals surface area contributed by atoms with E-state index in [1.54, 1.807) is 15.5 Å². The van der Waals surface area contributed by atoms with E-state index >= 15 is 0 Å². The number of halogens is 1. The van der Waals surface area contributed by atoms with Crippen molar-refractivity contribution in [3.8, 4) is 0 Å². The second kappa shape index (κ2) is 9.39. The van der Waals surface area contributed by atoms with Gasteiger partial charge in [-0.1, -0.05) is 58.0 Å². The van der Waals surface area contributed by atoms with Gasteiger partial charge in [-0.3, -0.25) is 14.2 Å². The van der Waals surface area contributed by atoms with Crippen molar-refractivity contribution in [2.24, 2.45) is 0 Å². The highest BCUT2D eigenvalue weighted by atomic mass is 79.9. The number of fused-ring (bicyclic) bond motifs is 1. The zero-order valence-electron chi connectivity index (χ0n) is 15.9. The maximum Gasteiger partial charge on any atom is 0.262 e. The standard InChI is InChI=1S/C21H22BrN3O2S/c1-3-24(4-2)19(26)14-28-21-23-18-11-10-16(22)12-17(18)20(27)25(21)13-15-8-6-5-7-9-15/h5-12H,3-4,13-14H2,1-2H3. The van der Waals surface area contributed by atoms with Crippen LogP contribution in [0.1, 0.15) is 19.4 Å². The van der Waals surface area contributed by atoms with Crippen molar-refractivity contribution in [1.29, 1.82) is 0 Å². The highest BCUT2D eigenvalue weighted by molar-refractivity contribution is 9.10. The number of carbonyl (C=O) groups is 1. The van der Waals surface area contributed by atoms with Gasteiger partial charge in [-0.15, -0.1) is 0 Å². The molecule has 0 bridgehead atoms. The minimum Gasteiger partial charge on any atom is -0.343 e. The van der Waals surface area contributed by atoms with Crippen molar-refractivity contribution in [1.82, 2.24) is 14.5 Å². The molecular weight excluding hydrogens is 438 g/mol. The molecule has 5 nitrogen and oxygen atoms in total. The predicted molar refractivity (Wildman–Crippen MR) is 118 cm³/mol. The summed E-state index contributed by atoms with van der Waals surface area (Å²) in [5.41, 5.74) is 1.54. The van der Waals surface area contributed by atoms with E-state index in [1.807, 2.05) is 56.3 Å². The Labute approximate surface area is 176 Å². The molecule has 0 spiro atoms. The van der Waals surface area contributed by atoms with Crippen LogP contribution in [0.25, 0.3) is 10.9 Å². The monoisotopic (exact) mass is 459 g/mol. The van der Waals surface area contributed by atoms with E-state index in [0.29, 0.717) is 35.7 Å². The second-order valence-electron chi connectivity index (χ2n) is 6.29. The molecule has 0 N–H and O–H groups in total. The molecule has 1 amide bonds. The summed E-state index contributed by atoms with van der Waals surface area (Å²) >= 11 is 4.74. The van der Waals surface area contributed by atoms with Gasteiger partial charge < -0.3 is 4.90 Å². The van der Waals surface area contributed by atoms with Gasteiger partial charge in [0.1, 0.15) is 0 Å². The van der Waals surface area contributed by atoms with Crippen molar-refractivity contribution < 1.29 is 4.79 Å². The first-order chi connectivity index (χ1) is 13.5. The number of thioether (sulfide) groups is 1. The van der Waals surface area contributed by atoms with Crippen molar-refractivity contribution >= 4 is 44.5 Å². The first-order valence-electron chi connectivity index (χ1n) is 9.18. The smallest absolute Gasteiger partial charge is 0.262 e. The van der Waals surface area contributed by atoms with Crippen LogP contribution in [0.2, 0.25) is 0 Å². The average Bonchev–Trinajstić information content (AvgIpc) is 2.71. The fraction of sp³-hybridized carbons (Fsp3) is 0.286. The molecule has 1 aromatic heterocycles. The molecule has 0 aliphatic carbocycles. The Balaban J connectivity index is 2.01. The Morgan fingerprint density at radius 2 is 1.86 bits per heavy atom. The zero-order valence-corrected chi connectivity index (χ0v) is 18.3. The molecule has 0 aliphatic heterocycles. The maximum atomic E-state index is 13.2. The average molecular weight is 460 g/mol. The summed E-state index contributed by atoms with van der Waals surface area (Å²) in [7, 11) is 0. The molecule has 7 heteroatoms. The van der Waals surface area contributed by atoms with E-state index < -0.39 is 0 Å². The summed E-state index contributed by atoms with van der Waals surface area (Å²) in [6.45, 7) is 5.68. The zero-order chi connectivity index (χ0) is 20.1. The third-order valence-corrected chi connectivity index (χ3v) is 5.96. The molecule has 0 unspecified atom stereocenters. The molecular formula is C21H22BrN3O2S. The number of hydrogen-bond acceptors (Lipinski definition) is 4. The molecule has 28 heavy (non-hydrogen) atoms. The van der Waals surface area contributed by atoms with Gasteiger partial charge in [0.2, 0.25) is 5.91 Å². The van der Waals surface area contributed by atoms with Crippen LogP contribution in [0.4, 0.5) is 0 Å². The lowest BCUT2D eigenvalue weighted by molar-refractivity contribution is -0.127. The van der Waals surface area contributed by atoms with Crippen molar-refractivity contribution in [3.05, 3.63) is 68.9 Å². The number of carbonyl (C=O) groups excluding carboxylic acids is 1. The topological polar surface area (TPSA) is 55.2 Å². The summed E-state index contributed by atoms with van der Waals surface area (Å²) in [4.78, 5) is 32.1. The molecule has 0 atom stereocenters. The number of benzene rings is 2. The molecule has 1 heterocycles. The molecule has 0 aliphatic rings. The number of nitrogens with zero attached hydrogens (tertiary/aromatic N) is 3. The van der Waals surface area contributed by atoms with Crippen LogP contribution < -0.4 is 5.56 Å². The fourth-order valence-corrected chi connectivity index (χ4v) is 4.24. The molecule has 0 saturated heterocycles. The molecule has 2 aromatic carbocycles. The molecule has 146 valence electrons. The minimum absolute atomic E-state index is 0.0476. The van der Waals surface area contributed by atoms with E-state index in [4.69, 9.17) is 4.98 Å². The van der Waals surface area contributed by atoms with E-state index in [-0.39, 0.29) is 17.2 Å². The Hall–Kier alpha value is -2.12. The van der Waals surface area contributed by atoms with Crippen LogP contribution in [0.15, 0.2) is 63.0 Å². The highest BCUT2D eigenvalue weighted by Crippen LogP contribution is 2.21. The predicted octanol–water partition coefficient (Wildman–Crippen LogP) is 4.17. The molecule has 0 radical (unpaired) electrons. The van der Waals surface area contributed by atoms with Gasteiger partial charge in [-0.2, -0.15) is 0 Å². The number of amides is 1. The molecule has 0 saturated carbocycles. The summed E-state index contributed by atoms with van der Waals surface area (Å²) in [5, 5.41) is 1.12. The van der Waals surface area contributed by atoms with Crippen molar-refractivity contribution in [3.63, 3.8) is 0 Å².